The molecule has 0 heterocycles. The van der Waals surface area contributed by atoms with E-state index in [4.69, 9.17) is 10.5 Å². The highest BCUT2D eigenvalue weighted by Gasteiger charge is 2.21. The normalized spacial score (nSPS) is 19.3. The molecule has 2 rings (SSSR count). The van der Waals surface area contributed by atoms with Gasteiger partial charge in [0.05, 0.1) is 7.11 Å². The van der Waals surface area contributed by atoms with Crippen molar-refractivity contribution < 1.29 is 4.74 Å². The lowest BCUT2D eigenvalue weighted by Gasteiger charge is -2.23. The van der Waals surface area contributed by atoms with E-state index >= 15 is 0 Å². The van der Waals surface area contributed by atoms with Crippen molar-refractivity contribution in [3.63, 3.8) is 0 Å². The van der Waals surface area contributed by atoms with E-state index < -0.39 is 0 Å². The number of hydrogen-bond donors (Lipinski definition) is 1. The molecule has 2 nitrogen and oxygen atoms in total. The Labute approximate surface area is 121 Å². The van der Waals surface area contributed by atoms with Crippen LogP contribution in [0.4, 0.5) is 0 Å². The van der Waals surface area contributed by atoms with Gasteiger partial charge in [0.2, 0.25) is 0 Å². The monoisotopic (exact) mass is 279 g/mol. The van der Waals surface area contributed by atoms with Crippen molar-refractivity contribution in [3.8, 4) is 5.75 Å². The van der Waals surface area contributed by atoms with Crippen LogP contribution in [0.5, 0.6) is 5.75 Å². The molecule has 1 saturated carbocycles. The van der Waals surface area contributed by atoms with Crippen LogP contribution in [0.2, 0.25) is 0 Å². The van der Waals surface area contributed by atoms with Crippen molar-refractivity contribution in [2.75, 3.05) is 12.9 Å². The first-order valence-corrected chi connectivity index (χ1v) is 8.26. The summed E-state index contributed by atoms with van der Waals surface area (Å²) in [6.45, 7) is 2.10. The predicted octanol–water partition coefficient (Wildman–Crippen LogP) is 4.01. The standard InChI is InChI=1S/C16H25NOS/c1-12(17)16(19-11-13-6-3-4-7-13)14-8-5-9-15(10-14)18-2/h5,8-10,12-13,16H,3-4,6-7,11,17H2,1-2H3. The van der Waals surface area contributed by atoms with Crippen LogP contribution in [0.1, 0.15) is 43.4 Å². The smallest absolute Gasteiger partial charge is 0.119 e. The van der Waals surface area contributed by atoms with Crippen LogP contribution < -0.4 is 10.5 Å². The summed E-state index contributed by atoms with van der Waals surface area (Å²) < 4.78 is 5.31. The van der Waals surface area contributed by atoms with Crippen molar-refractivity contribution in [1.82, 2.24) is 0 Å². The second kappa shape index (κ2) is 7.20. The van der Waals surface area contributed by atoms with Gasteiger partial charge in [-0.3, -0.25) is 0 Å². The minimum Gasteiger partial charge on any atom is -0.497 e. The van der Waals surface area contributed by atoms with Crippen molar-refractivity contribution in [1.29, 1.82) is 0 Å². The molecule has 1 fully saturated rings. The molecule has 2 unspecified atom stereocenters. The lowest BCUT2D eigenvalue weighted by atomic mass is 10.1. The molecule has 0 spiro atoms. The number of ether oxygens (including phenoxy) is 1. The molecule has 0 saturated heterocycles. The molecule has 0 radical (unpaired) electrons. The summed E-state index contributed by atoms with van der Waals surface area (Å²) in [5.41, 5.74) is 7.47. The molecule has 1 aliphatic carbocycles. The number of nitrogens with two attached hydrogens (primary N) is 1. The number of benzene rings is 1. The fourth-order valence-corrected chi connectivity index (χ4v) is 4.24. The molecular weight excluding hydrogens is 254 g/mol. The maximum absolute atomic E-state index is 6.18. The van der Waals surface area contributed by atoms with Gasteiger partial charge in [-0.25, -0.2) is 0 Å². The van der Waals surface area contributed by atoms with Crippen molar-refractivity contribution >= 4 is 11.8 Å². The van der Waals surface area contributed by atoms with E-state index in [0.717, 1.165) is 11.7 Å². The average Bonchev–Trinajstić information content (AvgIpc) is 2.92. The van der Waals surface area contributed by atoms with Gasteiger partial charge in [-0.2, -0.15) is 11.8 Å². The number of rotatable bonds is 6. The number of methoxy groups -OCH3 is 1. The van der Waals surface area contributed by atoms with Crippen molar-refractivity contribution in [2.24, 2.45) is 11.7 Å². The second-order valence-corrected chi connectivity index (χ2v) is 6.71. The molecule has 3 heteroatoms. The summed E-state index contributed by atoms with van der Waals surface area (Å²) >= 11 is 2.02. The topological polar surface area (TPSA) is 35.2 Å². The maximum atomic E-state index is 6.18. The summed E-state index contributed by atoms with van der Waals surface area (Å²) in [6, 6.07) is 8.50. The third kappa shape index (κ3) is 4.15. The van der Waals surface area contributed by atoms with Crippen LogP contribution >= 0.6 is 11.8 Å². The van der Waals surface area contributed by atoms with E-state index in [0.29, 0.717) is 5.25 Å². The molecule has 1 aliphatic rings. The minimum absolute atomic E-state index is 0.165. The highest BCUT2D eigenvalue weighted by molar-refractivity contribution is 7.99. The number of thioether (sulfide) groups is 1. The van der Waals surface area contributed by atoms with Gasteiger partial charge < -0.3 is 10.5 Å². The Balaban J connectivity index is 2.01. The van der Waals surface area contributed by atoms with Gasteiger partial charge in [0.25, 0.3) is 0 Å². The molecule has 1 aromatic rings. The lowest BCUT2D eigenvalue weighted by Crippen LogP contribution is -2.23. The minimum atomic E-state index is 0.165. The quantitative estimate of drug-likeness (QED) is 0.854. The van der Waals surface area contributed by atoms with E-state index in [-0.39, 0.29) is 6.04 Å². The van der Waals surface area contributed by atoms with Gasteiger partial charge in [0.1, 0.15) is 5.75 Å². The molecule has 0 bridgehead atoms. The summed E-state index contributed by atoms with van der Waals surface area (Å²) in [7, 11) is 1.71. The zero-order valence-corrected chi connectivity index (χ0v) is 12.8. The van der Waals surface area contributed by atoms with Crippen LogP contribution in [-0.2, 0) is 0 Å². The van der Waals surface area contributed by atoms with Gasteiger partial charge in [-0.1, -0.05) is 25.0 Å². The van der Waals surface area contributed by atoms with Crippen LogP contribution in [-0.4, -0.2) is 18.9 Å². The maximum Gasteiger partial charge on any atom is 0.119 e. The molecule has 106 valence electrons. The van der Waals surface area contributed by atoms with Gasteiger partial charge in [0.15, 0.2) is 0 Å². The number of hydrogen-bond acceptors (Lipinski definition) is 3. The van der Waals surface area contributed by atoms with E-state index in [1.807, 2.05) is 17.8 Å². The molecule has 1 aromatic carbocycles. The second-order valence-electron chi connectivity index (χ2n) is 5.54. The van der Waals surface area contributed by atoms with E-state index in [9.17, 15) is 0 Å². The Bertz CT molecular complexity index is 388. The summed E-state index contributed by atoms with van der Waals surface area (Å²) in [5.74, 6) is 3.06. The Hall–Kier alpha value is -0.670. The van der Waals surface area contributed by atoms with Gasteiger partial charge in [-0.05, 0) is 49.1 Å². The predicted molar refractivity (Wildman–Crippen MR) is 83.8 cm³/mol. The first kappa shape index (κ1) is 14.7. The third-order valence-electron chi connectivity index (χ3n) is 3.89. The third-order valence-corrected chi connectivity index (χ3v) is 5.61. The highest BCUT2D eigenvalue weighted by Crippen LogP contribution is 2.37. The van der Waals surface area contributed by atoms with Crippen LogP contribution in [0.3, 0.4) is 0 Å². The highest BCUT2D eigenvalue weighted by atomic mass is 32.2. The molecule has 0 aliphatic heterocycles. The average molecular weight is 279 g/mol. The Kier molecular flexibility index (Phi) is 5.59. The van der Waals surface area contributed by atoms with Crippen molar-refractivity contribution in [2.45, 2.75) is 43.9 Å². The van der Waals surface area contributed by atoms with E-state index in [2.05, 4.69) is 25.1 Å². The Morgan fingerprint density at radius 3 is 2.74 bits per heavy atom. The zero-order valence-electron chi connectivity index (χ0n) is 12.0. The summed E-state index contributed by atoms with van der Waals surface area (Å²) in [5, 5.41) is 0.371. The largest absolute Gasteiger partial charge is 0.497 e. The Morgan fingerprint density at radius 1 is 1.37 bits per heavy atom. The van der Waals surface area contributed by atoms with Gasteiger partial charge in [-0.15, -0.1) is 0 Å². The summed E-state index contributed by atoms with van der Waals surface area (Å²) in [4.78, 5) is 0. The molecule has 19 heavy (non-hydrogen) atoms. The zero-order chi connectivity index (χ0) is 13.7. The van der Waals surface area contributed by atoms with Crippen LogP contribution in [0.25, 0.3) is 0 Å². The SMILES string of the molecule is COc1cccc(C(SCC2CCCC2)C(C)N)c1. The van der Waals surface area contributed by atoms with Crippen molar-refractivity contribution in [3.05, 3.63) is 29.8 Å². The van der Waals surface area contributed by atoms with E-state index in [1.165, 1.54) is 37.0 Å². The molecular formula is C16H25NOS. The summed E-state index contributed by atoms with van der Waals surface area (Å²) in [6.07, 6.45) is 5.62. The van der Waals surface area contributed by atoms with E-state index in [1.54, 1.807) is 7.11 Å². The first-order chi connectivity index (χ1) is 9.20. The molecule has 2 N–H and O–H groups in total. The fourth-order valence-electron chi connectivity index (χ4n) is 2.79. The molecule has 0 amide bonds. The van der Waals surface area contributed by atoms with Gasteiger partial charge >= 0.3 is 0 Å². The van der Waals surface area contributed by atoms with Crippen LogP contribution in [0, 0.1) is 5.92 Å². The molecule has 2 atom stereocenters. The van der Waals surface area contributed by atoms with Gasteiger partial charge in [0, 0.05) is 11.3 Å². The lowest BCUT2D eigenvalue weighted by molar-refractivity contribution is 0.414. The van der Waals surface area contributed by atoms with Crippen LogP contribution in [0.15, 0.2) is 24.3 Å². The molecule has 0 aromatic heterocycles. The first-order valence-electron chi connectivity index (χ1n) is 7.22. The Morgan fingerprint density at radius 2 is 2.11 bits per heavy atom. The fraction of sp³-hybridized carbons (Fsp3) is 0.625.